The lowest BCUT2D eigenvalue weighted by atomic mass is 10.1. The summed E-state index contributed by atoms with van der Waals surface area (Å²) in [5, 5.41) is 6.87. The van der Waals surface area contributed by atoms with Gasteiger partial charge in [0.15, 0.2) is 5.96 Å². The molecule has 1 fully saturated rings. The Hall–Kier alpha value is -1.82. The van der Waals surface area contributed by atoms with Gasteiger partial charge in [-0.2, -0.15) is 0 Å². The monoisotopic (exact) mass is 572 g/mol. The summed E-state index contributed by atoms with van der Waals surface area (Å²) in [6.07, 6.45) is 0. The van der Waals surface area contributed by atoms with Gasteiger partial charge in [0.25, 0.3) is 0 Å². The van der Waals surface area contributed by atoms with E-state index in [1.165, 1.54) is 0 Å². The summed E-state index contributed by atoms with van der Waals surface area (Å²) < 4.78 is 22.5. The number of aryl methyl sites for hydroxylation is 2. The molecule has 0 spiro atoms. The summed E-state index contributed by atoms with van der Waals surface area (Å²) in [6.45, 7) is 9.62. The predicted molar refractivity (Wildman–Crippen MR) is 141 cm³/mol. The van der Waals surface area contributed by atoms with Crippen molar-refractivity contribution in [1.82, 2.24) is 15.5 Å². The fraction of sp³-hybridized carbons (Fsp3) is 0.542. The number of methoxy groups -OCH3 is 1. The van der Waals surface area contributed by atoms with Gasteiger partial charge in [-0.3, -0.25) is 9.89 Å². The zero-order chi connectivity index (χ0) is 22.8. The molecule has 1 atom stereocenters. The van der Waals surface area contributed by atoms with Crippen LogP contribution in [0.25, 0.3) is 0 Å². The molecule has 2 aromatic rings. The molecular formula is C24H37IN4O4. The molecule has 8 nitrogen and oxygen atoms in total. The zero-order valence-corrected chi connectivity index (χ0v) is 22.4. The number of halogens is 1. The number of ether oxygens (including phenoxy) is 3. The van der Waals surface area contributed by atoms with Crippen LogP contribution in [0.3, 0.4) is 0 Å². The molecule has 1 aromatic carbocycles. The van der Waals surface area contributed by atoms with Crippen LogP contribution in [-0.2, 0) is 16.0 Å². The van der Waals surface area contributed by atoms with Crippen LogP contribution in [0, 0.1) is 13.8 Å². The molecule has 33 heavy (non-hydrogen) atoms. The van der Waals surface area contributed by atoms with Crippen LogP contribution < -0.4 is 15.4 Å². The molecule has 1 aromatic heterocycles. The Bertz CT molecular complexity index is 868. The van der Waals surface area contributed by atoms with Crippen molar-refractivity contribution in [2.24, 2.45) is 4.99 Å². The standard InChI is InChI=1S/C24H36N4O4.HI/c1-18-5-7-20(23(15-18)31-14-13-29-4)16-26-24(25-3)27-17-21(22-8-6-19(2)32-22)28-9-11-30-12-10-28;/h5-8,15,21H,9-14,16-17H2,1-4H3,(H2,25,26,27);1H. The minimum absolute atomic E-state index is 0. The quantitative estimate of drug-likeness (QED) is 0.196. The normalized spacial score (nSPS) is 15.6. The van der Waals surface area contributed by atoms with Crippen molar-refractivity contribution in [3.63, 3.8) is 0 Å². The van der Waals surface area contributed by atoms with E-state index in [2.05, 4.69) is 51.7 Å². The highest BCUT2D eigenvalue weighted by Gasteiger charge is 2.25. The second kappa shape index (κ2) is 14.4. The number of guanidine groups is 1. The van der Waals surface area contributed by atoms with Gasteiger partial charge in [-0.15, -0.1) is 24.0 Å². The first-order chi connectivity index (χ1) is 15.6. The van der Waals surface area contributed by atoms with E-state index in [0.717, 1.165) is 60.7 Å². The van der Waals surface area contributed by atoms with Crippen molar-refractivity contribution in [1.29, 1.82) is 0 Å². The maximum absolute atomic E-state index is 5.96. The third-order valence-electron chi connectivity index (χ3n) is 5.48. The minimum atomic E-state index is 0. The lowest BCUT2D eigenvalue weighted by molar-refractivity contribution is 0.0124. The van der Waals surface area contributed by atoms with Crippen LogP contribution >= 0.6 is 24.0 Å². The summed E-state index contributed by atoms with van der Waals surface area (Å²) >= 11 is 0. The molecule has 0 saturated carbocycles. The van der Waals surface area contributed by atoms with Crippen molar-refractivity contribution >= 4 is 29.9 Å². The fourth-order valence-electron chi connectivity index (χ4n) is 3.70. The Morgan fingerprint density at radius 1 is 1.12 bits per heavy atom. The van der Waals surface area contributed by atoms with Gasteiger partial charge >= 0.3 is 0 Å². The highest BCUT2D eigenvalue weighted by molar-refractivity contribution is 14.0. The highest BCUT2D eigenvalue weighted by Crippen LogP contribution is 2.23. The molecule has 0 radical (unpaired) electrons. The molecule has 1 aliphatic rings. The third kappa shape index (κ3) is 8.47. The first-order valence-corrected chi connectivity index (χ1v) is 11.1. The van der Waals surface area contributed by atoms with Crippen LogP contribution in [-0.4, -0.2) is 71.1 Å². The van der Waals surface area contributed by atoms with E-state index in [1.807, 2.05) is 13.0 Å². The molecular weight excluding hydrogens is 535 g/mol. The fourth-order valence-corrected chi connectivity index (χ4v) is 3.70. The Balaban J connectivity index is 0.00000385. The number of nitrogens with one attached hydrogen (secondary N) is 2. The average molecular weight is 572 g/mol. The molecule has 3 rings (SSSR count). The van der Waals surface area contributed by atoms with Gasteiger partial charge in [0.1, 0.15) is 23.9 Å². The van der Waals surface area contributed by atoms with Gasteiger partial charge in [0.05, 0.1) is 25.9 Å². The van der Waals surface area contributed by atoms with Crippen LogP contribution in [0.1, 0.15) is 28.7 Å². The van der Waals surface area contributed by atoms with Gasteiger partial charge in [-0.05, 0) is 37.6 Å². The second-order valence-electron chi connectivity index (χ2n) is 7.87. The molecule has 9 heteroatoms. The number of aliphatic imine (C=N–C) groups is 1. The smallest absolute Gasteiger partial charge is 0.191 e. The average Bonchev–Trinajstić information content (AvgIpc) is 3.23. The molecule has 1 aliphatic heterocycles. The van der Waals surface area contributed by atoms with Gasteiger partial charge in [0, 0.05) is 45.9 Å². The topological polar surface area (TPSA) is 80.5 Å². The molecule has 1 unspecified atom stereocenters. The van der Waals surface area contributed by atoms with Crippen LogP contribution in [0.15, 0.2) is 39.7 Å². The lowest BCUT2D eigenvalue weighted by Gasteiger charge is -2.33. The van der Waals surface area contributed by atoms with E-state index in [0.29, 0.717) is 26.3 Å². The highest BCUT2D eigenvalue weighted by atomic mass is 127. The number of hydrogen-bond acceptors (Lipinski definition) is 6. The van der Waals surface area contributed by atoms with Crippen LogP contribution in [0.2, 0.25) is 0 Å². The molecule has 2 N–H and O–H groups in total. The number of furan rings is 1. The molecule has 184 valence electrons. The number of hydrogen-bond donors (Lipinski definition) is 2. The Morgan fingerprint density at radius 2 is 1.91 bits per heavy atom. The van der Waals surface area contributed by atoms with Crippen molar-refractivity contribution < 1.29 is 18.6 Å². The Labute approximate surface area is 214 Å². The van der Waals surface area contributed by atoms with Gasteiger partial charge in [-0.25, -0.2) is 0 Å². The zero-order valence-electron chi connectivity index (χ0n) is 20.1. The van der Waals surface area contributed by atoms with Crippen molar-refractivity contribution in [3.05, 3.63) is 53.0 Å². The minimum Gasteiger partial charge on any atom is -0.491 e. The maximum Gasteiger partial charge on any atom is 0.191 e. The Morgan fingerprint density at radius 3 is 2.58 bits per heavy atom. The molecule has 2 heterocycles. The van der Waals surface area contributed by atoms with Gasteiger partial charge in [-0.1, -0.05) is 12.1 Å². The van der Waals surface area contributed by atoms with Crippen molar-refractivity contribution in [3.8, 4) is 5.75 Å². The lowest BCUT2D eigenvalue weighted by Crippen LogP contribution is -2.46. The van der Waals surface area contributed by atoms with E-state index >= 15 is 0 Å². The molecule has 1 saturated heterocycles. The van der Waals surface area contributed by atoms with E-state index in [-0.39, 0.29) is 30.0 Å². The number of nitrogens with zero attached hydrogens (tertiary/aromatic N) is 2. The number of rotatable bonds is 10. The van der Waals surface area contributed by atoms with Gasteiger partial charge in [0.2, 0.25) is 0 Å². The second-order valence-corrected chi connectivity index (χ2v) is 7.87. The summed E-state index contributed by atoms with van der Waals surface area (Å²) in [7, 11) is 3.45. The largest absolute Gasteiger partial charge is 0.491 e. The SMILES string of the molecule is CN=C(NCc1ccc(C)cc1OCCOC)NCC(c1ccc(C)o1)N1CCOCC1.I. The summed E-state index contributed by atoms with van der Waals surface area (Å²) in [5.41, 5.74) is 2.23. The van der Waals surface area contributed by atoms with Crippen molar-refractivity contribution in [2.45, 2.75) is 26.4 Å². The van der Waals surface area contributed by atoms with Gasteiger partial charge < -0.3 is 29.3 Å². The Kier molecular flexibility index (Phi) is 12.0. The first kappa shape index (κ1) is 27.4. The summed E-state index contributed by atoms with van der Waals surface area (Å²) in [5.74, 6) is 3.47. The first-order valence-electron chi connectivity index (χ1n) is 11.1. The van der Waals surface area contributed by atoms with E-state index in [1.54, 1.807) is 14.2 Å². The summed E-state index contributed by atoms with van der Waals surface area (Å²) in [4.78, 5) is 6.79. The molecule has 0 aliphatic carbocycles. The van der Waals surface area contributed by atoms with Crippen LogP contribution in [0.5, 0.6) is 5.75 Å². The number of morpholine rings is 1. The van der Waals surface area contributed by atoms with Crippen molar-refractivity contribution in [2.75, 3.05) is 60.2 Å². The van der Waals surface area contributed by atoms with E-state index in [4.69, 9.17) is 18.6 Å². The van der Waals surface area contributed by atoms with Crippen LogP contribution in [0.4, 0.5) is 0 Å². The summed E-state index contributed by atoms with van der Waals surface area (Å²) in [6, 6.07) is 10.4. The number of benzene rings is 1. The van der Waals surface area contributed by atoms with E-state index in [9.17, 15) is 0 Å². The molecule has 0 bridgehead atoms. The van der Waals surface area contributed by atoms with E-state index < -0.39 is 0 Å². The molecule has 0 amide bonds. The third-order valence-corrected chi connectivity index (χ3v) is 5.48. The predicted octanol–water partition coefficient (Wildman–Crippen LogP) is 3.28. The maximum atomic E-state index is 5.96.